The number of esters is 1. The van der Waals surface area contributed by atoms with Gasteiger partial charge in [0.25, 0.3) is 5.91 Å². The number of amides is 3. The number of Topliss-reactive ketones (excluding diaryl/α,β-unsaturated/α-hetero) is 1. The second-order valence-electron chi connectivity index (χ2n) is 7.01. The minimum Gasteiger partial charge on any atom is -0.454 e. The molecule has 0 radical (unpaired) electrons. The number of benzene rings is 1. The molecule has 1 aliphatic rings. The van der Waals surface area contributed by atoms with Gasteiger partial charge in [-0.1, -0.05) is 18.2 Å². The largest absolute Gasteiger partial charge is 0.454 e. The fourth-order valence-corrected chi connectivity index (χ4v) is 3.03. The molecule has 1 saturated heterocycles. The van der Waals surface area contributed by atoms with Crippen LogP contribution in [0.25, 0.3) is 10.9 Å². The summed E-state index contributed by atoms with van der Waals surface area (Å²) in [5.74, 6) is -1.37. The minimum absolute atomic E-state index is 0.0963. The third-order valence-corrected chi connectivity index (χ3v) is 4.52. The molecule has 3 amide bonds. The van der Waals surface area contributed by atoms with Crippen LogP contribution in [0.15, 0.2) is 30.5 Å². The van der Waals surface area contributed by atoms with Crippen LogP contribution in [0.1, 0.15) is 37.6 Å². The van der Waals surface area contributed by atoms with E-state index in [0.29, 0.717) is 5.56 Å². The third kappa shape index (κ3) is 3.55. The minimum atomic E-state index is -0.987. The fourth-order valence-electron chi connectivity index (χ4n) is 3.03. The van der Waals surface area contributed by atoms with Gasteiger partial charge in [0.15, 0.2) is 6.10 Å². The van der Waals surface area contributed by atoms with Crippen LogP contribution >= 0.6 is 0 Å². The SMILES string of the molecule is CC(OC(=O)CCN1C(=O)NC(C)(C)C1=O)C(=O)c1c[nH]c2ccccc12. The Balaban J connectivity index is 1.58. The molecule has 1 aromatic heterocycles. The average molecular weight is 371 g/mol. The van der Waals surface area contributed by atoms with Gasteiger partial charge in [-0.3, -0.25) is 19.3 Å². The van der Waals surface area contributed by atoms with E-state index in [2.05, 4.69) is 10.3 Å². The van der Waals surface area contributed by atoms with E-state index in [1.807, 2.05) is 24.3 Å². The molecular formula is C19H21N3O5. The summed E-state index contributed by atoms with van der Waals surface area (Å²) in [5.41, 5.74) is 0.279. The average Bonchev–Trinajstić information content (AvgIpc) is 3.12. The monoisotopic (exact) mass is 371 g/mol. The van der Waals surface area contributed by atoms with Crippen LogP contribution in [-0.4, -0.2) is 51.8 Å². The Morgan fingerprint density at radius 3 is 2.59 bits per heavy atom. The van der Waals surface area contributed by atoms with E-state index in [1.165, 1.54) is 6.92 Å². The van der Waals surface area contributed by atoms with E-state index in [4.69, 9.17) is 4.74 Å². The molecular weight excluding hydrogens is 350 g/mol. The predicted octanol–water partition coefficient (Wildman–Crippen LogP) is 2.00. The highest BCUT2D eigenvalue weighted by molar-refractivity contribution is 6.10. The molecule has 27 heavy (non-hydrogen) atoms. The van der Waals surface area contributed by atoms with Gasteiger partial charge in [-0.05, 0) is 26.8 Å². The number of ketones is 1. The predicted molar refractivity (Wildman–Crippen MR) is 97.1 cm³/mol. The van der Waals surface area contributed by atoms with Crippen LogP contribution in [0.3, 0.4) is 0 Å². The first-order chi connectivity index (χ1) is 12.7. The molecule has 1 unspecified atom stereocenters. The maximum atomic E-state index is 12.6. The number of H-pyrrole nitrogens is 1. The molecule has 2 N–H and O–H groups in total. The number of fused-ring (bicyclic) bond motifs is 1. The highest BCUT2D eigenvalue weighted by Gasteiger charge is 2.44. The number of aromatic amines is 1. The Labute approximate surface area is 155 Å². The van der Waals surface area contributed by atoms with Gasteiger partial charge in [-0.15, -0.1) is 0 Å². The summed E-state index contributed by atoms with van der Waals surface area (Å²) in [6, 6.07) is 6.80. The molecule has 0 saturated carbocycles. The van der Waals surface area contributed by atoms with Crippen molar-refractivity contribution in [3.8, 4) is 0 Å². The summed E-state index contributed by atoms with van der Waals surface area (Å²) in [4.78, 5) is 52.5. The van der Waals surface area contributed by atoms with Crippen molar-refractivity contribution < 1.29 is 23.9 Å². The summed E-state index contributed by atoms with van der Waals surface area (Å²) in [6.07, 6.45) is 0.434. The Morgan fingerprint density at radius 1 is 1.22 bits per heavy atom. The normalized spacial score (nSPS) is 17.1. The molecule has 1 atom stereocenters. The Morgan fingerprint density at radius 2 is 1.93 bits per heavy atom. The zero-order valence-electron chi connectivity index (χ0n) is 15.4. The summed E-state index contributed by atoms with van der Waals surface area (Å²) < 4.78 is 5.20. The third-order valence-electron chi connectivity index (χ3n) is 4.52. The first-order valence-corrected chi connectivity index (χ1v) is 8.64. The van der Waals surface area contributed by atoms with E-state index in [9.17, 15) is 19.2 Å². The maximum absolute atomic E-state index is 12.6. The zero-order chi connectivity index (χ0) is 19.8. The number of hydrogen-bond acceptors (Lipinski definition) is 5. The maximum Gasteiger partial charge on any atom is 0.325 e. The van der Waals surface area contributed by atoms with Crippen LogP contribution in [0.4, 0.5) is 4.79 Å². The zero-order valence-corrected chi connectivity index (χ0v) is 15.4. The summed E-state index contributed by atoms with van der Waals surface area (Å²) >= 11 is 0. The molecule has 2 heterocycles. The molecule has 0 aliphatic carbocycles. The van der Waals surface area contributed by atoms with Gasteiger partial charge in [0.2, 0.25) is 5.78 Å². The topological polar surface area (TPSA) is 109 Å². The van der Waals surface area contributed by atoms with Gasteiger partial charge < -0.3 is 15.0 Å². The molecule has 0 spiro atoms. The van der Waals surface area contributed by atoms with Gasteiger partial charge >= 0.3 is 12.0 Å². The second kappa shape index (κ2) is 6.86. The van der Waals surface area contributed by atoms with Crippen molar-refractivity contribution in [3.63, 3.8) is 0 Å². The molecule has 1 fully saturated rings. The van der Waals surface area contributed by atoms with Crippen LogP contribution in [0, 0.1) is 0 Å². The number of carbonyl (C=O) groups is 4. The van der Waals surface area contributed by atoms with Crippen molar-refractivity contribution in [2.45, 2.75) is 38.8 Å². The standard InChI is InChI=1S/C19H21N3O5/c1-11(16(24)13-10-20-14-7-5-4-6-12(13)14)27-15(23)8-9-22-17(25)19(2,3)21-18(22)26/h4-7,10-11,20H,8-9H2,1-3H3,(H,21,26). The lowest BCUT2D eigenvalue weighted by molar-refractivity contribution is -0.146. The summed E-state index contributed by atoms with van der Waals surface area (Å²) in [7, 11) is 0. The fraction of sp³-hybridized carbons (Fsp3) is 0.368. The van der Waals surface area contributed by atoms with Gasteiger partial charge in [-0.2, -0.15) is 0 Å². The van der Waals surface area contributed by atoms with E-state index in [0.717, 1.165) is 15.8 Å². The molecule has 1 aromatic carbocycles. The lowest BCUT2D eigenvalue weighted by atomic mass is 10.1. The number of nitrogens with one attached hydrogen (secondary N) is 2. The van der Waals surface area contributed by atoms with Crippen molar-refractivity contribution in [3.05, 3.63) is 36.0 Å². The van der Waals surface area contributed by atoms with Gasteiger partial charge in [-0.25, -0.2) is 4.79 Å². The van der Waals surface area contributed by atoms with Crippen LogP contribution in [0.5, 0.6) is 0 Å². The second-order valence-corrected chi connectivity index (χ2v) is 7.01. The van der Waals surface area contributed by atoms with Crippen molar-refractivity contribution in [1.82, 2.24) is 15.2 Å². The van der Waals surface area contributed by atoms with Crippen molar-refractivity contribution >= 4 is 34.6 Å². The lowest BCUT2D eigenvalue weighted by Gasteiger charge is -2.16. The van der Waals surface area contributed by atoms with Gasteiger partial charge in [0, 0.05) is 29.2 Å². The van der Waals surface area contributed by atoms with E-state index < -0.39 is 29.6 Å². The number of para-hydroxylation sites is 1. The molecule has 8 nitrogen and oxygen atoms in total. The number of aromatic nitrogens is 1. The highest BCUT2D eigenvalue weighted by atomic mass is 16.5. The summed E-state index contributed by atoms with van der Waals surface area (Å²) in [6.45, 7) is 4.58. The molecule has 3 rings (SSSR count). The number of carbonyl (C=O) groups excluding carboxylic acids is 4. The first-order valence-electron chi connectivity index (χ1n) is 8.64. The number of nitrogens with zero attached hydrogens (tertiary/aromatic N) is 1. The number of imide groups is 1. The van der Waals surface area contributed by atoms with Gasteiger partial charge in [0.1, 0.15) is 5.54 Å². The Bertz CT molecular complexity index is 930. The van der Waals surface area contributed by atoms with Crippen LogP contribution in [-0.2, 0) is 14.3 Å². The number of urea groups is 1. The number of ether oxygens (including phenoxy) is 1. The Hall–Kier alpha value is -3.16. The van der Waals surface area contributed by atoms with E-state index in [-0.39, 0.29) is 18.7 Å². The smallest absolute Gasteiger partial charge is 0.325 e. The molecule has 2 aromatic rings. The lowest BCUT2D eigenvalue weighted by Crippen LogP contribution is -2.40. The van der Waals surface area contributed by atoms with Crippen LogP contribution in [0.2, 0.25) is 0 Å². The quantitative estimate of drug-likeness (QED) is 0.459. The van der Waals surface area contributed by atoms with Crippen LogP contribution < -0.4 is 5.32 Å². The number of hydrogen-bond donors (Lipinski definition) is 2. The highest BCUT2D eigenvalue weighted by Crippen LogP contribution is 2.20. The van der Waals surface area contributed by atoms with Crippen molar-refractivity contribution in [1.29, 1.82) is 0 Å². The number of rotatable bonds is 6. The molecule has 8 heteroatoms. The molecule has 0 bridgehead atoms. The molecule has 142 valence electrons. The van der Waals surface area contributed by atoms with Gasteiger partial charge in [0.05, 0.1) is 6.42 Å². The van der Waals surface area contributed by atoms with Crippen molar-refractivity contribution in [2.24, 2.45) is 0 Å². The first kappa shape index (κ1) is 18.6. The molecule has 1 aliphatic heterocycles. The van der Waals surface area contributed by atoms with E-state index >= 15 is 0 Å². The summed E-state index contributed by atoms with van der Waals surface area (Å²) in [5, 5.41) is 3.30. The Kier molecular flexibility index (Phi) is 4.73. The van der Waals surface area contributed by atoms with Crippen molar-refractivity contribution in [2.75, 3.05) is 6.54 Å². The van der Waals surface area contributed by atoms with E-state index in [1.54, 1.807) is 20.0 Å².